The minimum atomic E-state index is -1.89. The van der Waals surface area contributed by atoms with Crippen LogP contribution in [-0.4, -0.2) is 37.2 Å². The molecule has 0 spiro atoms. The van der Waals surface area contributed by atoms with Gasteiger partial charge in [-0.2, -0.15) is 0 Å². The Balaban J connectivity index is 1.91. The van der Waals surface area contributed by atoms with E-state index in [9.17, 15) is 4.79 Å². The largest absolute Gasteiger partial charge is 0.466 e. The van der Waals surface area contributed by atoms with Gasteiger partial charge >= 0.3 is 5.97 Å². The molecule has 1 heterocycles. The Morgan fingerprint density at radius 1 is 0.851 bits per heavy atom. The van der Waals surface area contributed by atoms with Gasteiger partial charge in [0.05, 0.1) is 24.8 Å². The zero-order valence-corrected chi connectivity index (χ0v) is 33.1. The number of nitrogens with zero attached hydrogens (tertiary/aromatic N) is 2. The maximum atomic E-state index is 12.1. The fourth-order valence-corrected chi connectivity index (χ4v) is 7.98. The number of aromatic nitrogens is 2. The summed E-state index contributed by atoms with van der Waals surface area (Å²) in [5.41, 5.74) is 8.74. The quantitative estimate of drug-likeness (QED) is 0.133. The molecular weight excluding hydrogens is 620 g/mol. The summed E-state index contributed by atoms with van der Waals surface area (Å²) in [6.07, 6.45) is 4.26. The summed E-state index contributed by atoms with van der Waals surface area (Å²) in [5.74, 6) is -0.328. The first-order valence-electron chi connectivity index (χ1n) is 17.4. The smallest absolute Gasteiger partial charge is 0.310 e. The lowest BCUT2D eigenvalue weighted by Gasteiger charge is -2.43. The number of carbonyl (C=O) groups excluding carboxylic acids is 1. The van der Waals surface area contributed by atoms with Crippen LogP contribution in [0.1, 0.15) is 115 Å². The molecular formula is C40H59ClN2O3Si. The fourth-order valence-electron chi connectivity index (χ4n) is 6.28. The van der Waals surface area contributed by atoms with Gasteiger partial charge in [0, 0.05) is 16.5 Å². The summed E-state index contributed by atoms with van der Waals surface area (Å²) in [5, 5.41) is 8.93. The van der Waals surface area contributed by atoms with Gasteiger partial charge in [-0.05, 0) is 104 Å². The Morgan fingerprint density at radius 3 is 1.96 bits per heavy atom. The molecule has 3 rings (SSSR count). The van der Waals surface area contributed by atoms with Gasteiger partial charge in [-0.15, -0.1) is 10.2 Å². The Labute approximate surface area is 291 Å². The Morgan fingerprint density at radius 2 is 1.45 bits per heavy atom. The number of carbonyl (C=O) groups is 1. The highest BCUT2D eigenvalue weighted by atomic mass is 35.5. The number of rotatable bonds is 13. The van der Waals surface area contributed by atoms with Crippen molar-refractivity contribution >= 4 is 25.9 Å². The molecule has 2 aromatic carbocycles. The van der Waals surface area contributed by atoms with Crippen molar-refractivity contribution in [3.05, 3.63) is 81.0 Å². The third-order valence-corrected chi connectivity index (χ3v) is 15.3. The molecule has 0 aliphatic carbocycles. The molecule has 7 heteroatoms. The number of hydrogen-bond acceptors (Lipinski definition) is 5. The highest BCUT2D eigenvalue weighted by Gasteiger charge is 2.41. The van der Waals surface area contributed by atoms with Crippen LogP contribution in [0.25, 0.3) is 11.3 Å². The van der Waals surface area contributed by atoms with E-state index in [0.717, 1.165) is 36.8 Å². The van der Waals surface area contributed by atoms with Crippen LogP contribution < -0.4 is 0 Å². The summed E-state index contributed by atoms with van der Waals surface area (Å²) in [7, 11) is -1.89. The van der Waals surface area contributed by atoms with Crippen molar-refractivity contribution < 1.29 is 14.0 Å². The molecule has 0 aliphatic heterocycles. The molecule has 1 atom stereocenters. The highest BCUT2D eigenvalue weighted by molar-refractivity contribution is 6.74. The van der Waals surface area contributed by atoms with Gasteiger partial charge in [-0.1, -0.05) is 103 Å². The Bertz CT molecular complexity index is 1530. The average molecular weight is 679 g/mol. The molecule has 3 aromatic rings. The zero-order valence-electron chi connectivity index (χ0n) is 31.4. The van der Waals surface area contributed by atoms with Crippen LogP contribution in [-0.2, 0) is 32.2 Å². The predicted molar refractivity (Wildman–Crippen MR) is 200 cm³/mol. The second-order valence-electron chi connectivity index (χ2n) is 15.8. The number of aryl methyl sites for hydroxylation is 3. The molecule has 0 saturated carbocycles. The van der Waals surface area contributed by atoms with Crippen molar-refractivity contribution in [1.82, 2.24) is 10.2 Å². The SMILES string of the molecule is CCOC(=O)Cc1cc(-c2ccc(C(CC)(CC)c3ccc(CCC(O[Si](C)(C)C(C)(C)C)C(C)(C)C)c(C)c3)cc2C)nnc1Cl. The lowest BCUT2D eigenvalue weighted by atomic mass is 9.69. The lowest BCUT2D eigenvalue weighted by molar-refractivity contribution is -0.142. The first-order valence-corrected chi connectivity index (χ1v) is 20.6. The summed E-state index contributed by atoms with van der Waals surface area (Å²) in [4.78, 5) is 12.1. The lowest BCUT2D eigenvalue weighted by Crippen LogP contribution is -2.47. The zero-order chi connectivity index (χ0) is 35.4. The molecule has 0 radical (unpaired) electrons. The maximum absolute atomic E-state index is 12.1. The summed E-state index contributed by atoms with van der Waals surface area (Å²) in [6, 6.07) is 15.6. The van der Waals surface area contributed by atoms with Crippen LogP contribution >= 0.6 is 11.6 Å². The summed E-state index contributed by atoms with van der Waals surface area (Å²) >= 11 is 6.29. The standard InChI is InChI=1S/C40H59ClN2O3Si/c1-14-40(15-2,32-20-21-33(28(5)24-32)34-25-30(37(41)43-42-34)26-36(44)45-16-3)31-19-17-29(27(4)23-31)18-22-35(38(6,7)8)46-47(12,13)39(9,10)11/h17,19-21,23-25,35H,14-16,18,22,26H2,1-13H3. The normalized spacial score (nSPS) is 13.5. The molecule has 1 unspecified atom stereocenters. The van der Waals surface area contributed by atoms with E-state index in [-0.39, 0.29) is 39.5 Å². The van der Waals surface area contributed by atoms with Crippen LogP contribution in [0.15, 0.2) is 42.5 Å². The third-order valence-electron chi connectivity index (χ3n) is 10.5. The molecule has 0 aliphatic rings. The third kappa shape index (κ3) is 9.13. The van der Waals surface area contributed by atoms with Crippen molar-refractivity contribution in [3.63, 3.8) is 0 Å². The topological polar surface area (TPSA) is 61.3 Å². The molecule has 0 saturated heterocycles. The van der Waals surface area contributed by atoms with Crippen molar-refractivity contribution in [1.29, 1.82) is 0 Å². The summed E-state index contributed by atoms with van der Waals surface area (Å²) < 4.78 is 12.1. The second-order valence-corrected chi connectivity index (χ2v) is 20.9. The molecule has 1 aromatic heterocycles. The highest BCUT2D eigenvalue weighted by Crippen LogP contribution is 2.43. The fraction of sp³-hybridized carbons (Fsp3) is 0.575. The molecule has 0 N–H and O–H groups in total. The minimum absolute atomic E-state index is 0.0664. The second kappa shape index (κ2) is 15.3. The van der Waals surface area contributed by atoms with Gasteiger partial charge in [0.15, 0.2) is 13.5 Å². The van der Waals surface area contributed by atoms with E-state index in [1.54, 1.807) is 6.92 Å². The summed E-state index contributed by atoms with van der Waals surface area (Å²) in [6.45, 7) is 29.7. The number of benzene rings is 2. The van der Waals surface area contributed by atoms with Crippen LogP contribution in [0.2, 0.25) is 23.3 Å². The predicted octanol–water partition coefficient (Wildman–Crippen LogP) is 11.0. The van der Waals surface area contributed by atoms with Gasteiger partial charge in [-0.25, -0.2) is 0 Å². The first-order chi connectivity index (χ1) is 21.8. The monoisotopic (exact) mass is 678 g/mol. The van der Waals surface area contributed by atoms with Crippen LogP contribution in [0.5, 0.6) is 0 Å². The van der Waals surface area contributed by atoms with Gasteiger partial charge in [0.2, 0.25) is 0 Å². The van der Waals surface area contributed by atoms with Gasteiger partial charge in [0.1, 0.15) is 0 Å². The maximum Gasteiger partial charge on any atom is 0.310 e. The molecule has 0 amide bonds. The number of esters is 1. The van der Waals surface area contributed by atoms with Crippen molar-refractivity contribution in [2.45, 2.75) is 138 Å². The molecule has 0 bridgehead atoms. The molecule has 0 fully saturated rings. The Hall–Kier alpha value is -2.54. The average Bonchev–Trinajstić information content (AvgIpc) is 2.97. The first kappa shape index (κ1) is 38.9. The van der Waals surface area contributed by atoms with Crippen molar-refractivity contribution in [2.75, 3.05) is 6.61 Å². The number of hydrogen-bond donors (Lipinski definition) is 0. The van der Waals surface area contributed by atoms with Gasteiger partial charge in [-0.3, -0.25) is 4.79 Å². The number of ether oxygens (including phenoxy) is 1. The number of halogens is 1. The van der Waals surface area contributed by atoms with E-state index in [4.69, 9.17) is 20.8 Å². The van der Waals surface area contributed by atoms with Crippen molar-refractivity contribution in [2.24, 2.45) is 5.41 Å². The van der Waals surface area contributed by atoms with E-state index < -0.39 is 8.32 Å². The van der Waals surface area contributed by atoms with Crippen LogP contribution in [0, 0.1) is 19.3 Å². The van der Waals surface area contributed by atoms with E-state index in [2.05, 4.69) is 129 Å². The molecule has 47 heavy (non-hydrogen) atoms. The Kier molecular flexibility index (Phi) is 12.7. The molecule has 258 valence electrons. The van der Waals surface area contributed by atoms with Crippen LogP contribution in [0.4, 0.5) is 0 Å². The minimum Gasteiger partial charge on any atom is -0.466 e. The van der Waals surface area contributed by atoms with E-state index in [0.29, 0.717) is 17.9 Å². The van der Waals surface area contributed by atoms with Gasteiger partial charge in [0.25, 0.3) is 0 Å². The van der Waals surface area contributed by atoms with E-state index in [1.165, 1.54) is 22.3 Å². The van der Waals surface area contributed by atoms with Crippen LogP contribution in [0.3, 0.4) is 0 Å². The molecule has 5 nitrogen and oxygen atoms in total. The van der Waals surface area contributed by atoms with E-state index in [1.807, 2.05) is 6.07 Å². The van der Waals surface area contributed by atoms with Crippen molar-refractivity contribution in [3.8, 4) is 11.3 Å². The van der Waals surface area contributed by atoms with Gasteiger partial charge < -0.3 is 9.16 Å². The van der Waals surface area contributed by atoms with E-state index >= 15 is 0 Å².